The lowest BCUT2D eigenvalue weighted by Gasteiger charge is -2.33. The monoisotopic (exact) mass is 426 g/mol. The number of piperidine rings is 1. The molecule has 1 amide bonds. The van der Waals surface area contributed by atoms with Crippen LogP contribution in [0.1, 0.15) is 49.2 Å². The first-order valence-electron chi connectivity index (χ1n) is 11.5. The number of hydrogen-bond donors (Lipinski definition) is 1. The first kappa shape index (κ1) is 21.8. The third-order valence-electron chi connectivity index (χ3n) is 6.12. The van der Waals surface area contributed by atoms with E-state index in [-0.39, 0.29) is 11.9 Å². The standard InChI is InChI=1S/C24H34N4O3/c1-3-28-23-11-13-30-17-21(23)22(26-28)16-27-12-5-6-19(15-27)25-24(29)14-18-7-9-20(10-8-18)31-4-2/h7-10,19H,3-6,11-17H2,1-2H3,(H,25,29). The summed E-state index contributed by atoms with van der Waals surface area (Å²) in [4.78, 5) is 15.0. The van der Waals surface area contributed by atoms with Crippen molar-refractivity contribution in [2.75, 3.05) is 26.3 Å². The molecule has 1 atom stereocenters. The fraction of sp³-hybridized carbons (Fsp3) is 0.583. The van der Waals surface area contributed by atoms with Gasteiger partial charge in [-0.25, -0.2) is 0 Å². The van der Waals surface area contributed by atoms with Crippen molar-refractivity contribution < 1.29 is 14.3 Å². The number of benzene rings is 1. The summed E-state index contributed by atoms with van der Waals surface area (Å²) in [6.07, 6.45) is 3.45. The van der Waals surface area contributed by atoms with Crippen LogP contribution >= 0.6 is 0 Å². The van der Waals surface area contributed by atoms with Gasteiger partial charge in [-0.1, -0.05) is 12.1 Å². The zero-order chi connectivity index (χ0) is 21.6. The number of aryl methyl sites for hydroxylation is 1. The van der Waals surface area contributed by atoms with E-state index in [2.05, 4.69) is 21.8 Å². The van der Waals surface area contributed by atoms with Gasteiger partial charge < -0.3 is 14.8 Å². The maximum absolute atomic E-state index is 12.6. The van der Waals surface area contributed by atoms with Crippen molar-refractivity contribution in [2.45, 2.75) is 65.3 Å². The number of nitrogens with one attached hydrogen (secondary N) is 1. The van der Waals surface area contributed by atoms with Gasteiger partial charge >= 0.3 is 0 Å². The second kappa shape index (κ2) is 10.3. The summed E-state index contributed by atoms with van der Waals surface area (Å²) in [6, 6.07) is 7.96. The van der Waals surface area contributed by atoms with Gasteiger partial charge in [0.2, 0.25) is 5.91 Å². The van der Waals surface area contributed by atoms with Gasteiger partial charge in [0.15, 0.2) is 0 Å². The van der Waals surface area contributed by atoms with E-state index in [9.17, 15) is 4.79 Å². The number of nitrogens with zero attached hydrogens (tertiary/aromatic N) is 3. The van der Waals surface area contributed by atoms with Gasteiger partial charge in [0.1, 0.15) is 5.75 Å². The van der Waals surface area contributed by atoms with Gasteiger partial charge in [-0.3, -0.25) is 14.4 Å². The van der Waals surface area contributed by atoms with Crippen molar-refractivity contribution in [3.8, 4) is 5.75 Å². The molecule has 0 radical (unpaired) electrons. The summed E-state index contributed by atoms with van der Waals surface area (Å²) < 4.78 is 13.3. The van der Waals surface area contributed by atoms with Crippen LogP contribution in [0.25, 0.3) is 0 Å². The molecule has 1 unspecified atom stereocenters. The molecule has 1 N–H and O–H groups in total. The highest BCUT2D eigenvalue weighted by molar-refractivity contribution is 5.78. The van der Waals surface area contributed by atoms with Crippen LogP contribution in [0.3, 0.4) is 0 Å². The van der Waals surface area contributed by atoms with Gasteiger partial charge in [0.25, 0.3) is 0 Å². The zero-order valence-corrected chi connectivity index (χ0v) is 18.7. The summed E-state index contributed by atoms with van der Waals surface area (Å²) in [7, 11) is 0. The molecule has 7 heteroatoms. The first-order valence-corrected chi connectivity index (χ1v) is 11.5. The smallest absolute Gasteiger partial charge is 0.224 e. The minimum Gasteiger partial charge on any atom is -0.494 e. The van der Waals surface area contributed by atoms with Crippen LogP contribution in [0.4, 0.5) is 0 Å². The Morgan fingerprint density at radius 3 is 2.90 bits per heavy atom. The van der Waals surface area contributed by atoms with Crippen LogP contribution in [-0.2, 0) is 42.1 Å². The third-order valence-corrected chi connectivity index (χ3v) is 6.12. The number of carbonyl (C=O) groups excluding carboxylic acids is 1. The lowest BCUT2D eigenvalue weighted by Crippen LogP contribution is -2.47. The molecule has 1 saturated heterocycles. The normalized spacial score (nSPS) is 19.1. The number of amides is 1. The third kappa shape index (κ3) is 5.46. The van der Waals surface area contributed by atoms with E-state index in [0.717, 1.165) is 69.1 Å². The summed E-state index contributed by atoms with van der Waals surface area (Å²) in [5.41, 5.74) is 4.75. The minimum absolute atomic E-state index is 0.0806. The minimum atomic E-state index is 0.0806. The lowest BCUT2D eigenvalue weighted by molar-refractivity contribution is -0.121. The second-order valence-corrected chi connectivity index (χ2v) is 8.39. The summed E-state index contributed by atoms with van der Waals surface area (Å²) in [5.74, 6) is 0.921. The van der Waals surface area contributed by atoms with Gasteiger partial charge in [0, 0.05) is 43.4 Å². The van der Waals surface area contributed by atoms with E-state index >= 15 is 0 Å². The highest BCUT2D eigenvalue weighted by atomic mass is 16.5. The molecule has 2 aliphatic rings. The van der Waals surface area contributed by atoms with Gasteiger partial charge in [-0.05, 0) is 50.9 Å². The van der Waals surface area contributed by atoms with Crippen LogP contribution in [0, 0.1) is 0 Å². The highest BCUT2D eigenvalue weighted by Gasteiger charge is 2.26. The Hall–Kier alpha value is -2.38. The molecular weight excluding hydrogens is 392 g/mol. The highest BCUT2D eigenvalue weighted by Crippen LogP contribution is 2.23. The van der Waals surface area contributed by atoms with E-state index in [1.807, 2.05) is 31.2 Å². The molecule has 0 spiro atoms. The molecule has 0 aliphatic carbocycles. The number of carbonyl (C=O) groups is 1. The molecule has 0 bridgehead atoms. The number of aromatic nitrogens is 2. The Bertz CT molecular complexity index is 878. The molecule has 4 rings (SSSR count). The molecule has 7 nitrogen and oxygen atoms in total. The lowest BCUT2D eigenvalue weighted by atomic mass is 10.0. The SMILES string of the molecule is CCOc1ccc(CC(=O)NC2CCCN(Cc3nn(CC)c4c3COCC4)C2)cc1. The zero-order valence-electron chi connectivity index (χ0n) is 18.7. The number of likely N-dealkylation sites (tertiary alicyclic amines) is 1. The van der Waals surface area contributed by atoms with Crippen LogP contribution in [0.2, 0.25) is 0 Å². The molecule has 3 heterocycles. The van der Waals surface area contributed by atoms with Crippen LogP contribution in [-0.4, -0.2) is 52.9 Å². The molecule has 2 aliphatic heterocycles. The van der Waals surface area contributed by atoms with Crippen molar-refractivity contribution in [3.63, 3.8) is 0 Å². The van der Waals surface area contributed by atoms with Crippen molar-refractivity contribution >= 4 is 5.91 Å². The van der Waals surface area contributed by atoms with Crippen LogP contribution in [0.5, 0.6) is 5.75 Å². The molecule has 1 fully saturated rings. The predicted molar refractivity (Wildman–Crippen MR) is 119 cm³/mol. The largest absolute Gasteiger partial charge is 0.494 e. The van der Waals surface area contributed by atoms with E-state index in [4.69, 9.17) is 14.6 Å². The average Bonchev–Trinajstić information content (AvgIpc) is 3.13. The predicted octanol–water partition coefficient (Wildman–Crippen LogP) is 2.70. The van der Waals surface area contributed by atoms with E-state index in [0.29, 0.717) is 19.6 Å². The maximum Gasteiger partial charge on any atom is 0.224 e. The Labute approximate surface area is 184 Å². The Morgan fingerprint density at radius 2 is 2.13 bits per heavy atom. The van der Waals surface area contributed by atoms with Crippen LogP contribution in [0.15, 0.2) is 24.3 Å². The van der Waals surface area contributed by atoms with E-state index in [1.54, 1.807) is 0 Å². The first-order chi connectivity index (χ1) is 15.2. The van der Waals surface area contributed by atoms with E-state index < -0.39 is 0 Å². The van der Waals surface area contributed by atoms with Gasteiger partial charge in [0.05, 0.1) is 31.9 Å². The molecule has 1 aromatic heterocycles. The van der Waals surface area contributed by atoms with Crippen molar-refractivity contribution in [3.05, 3.63) is 46.8 Å². The fourth-order valence-corrected chi connectivity index (χ4v) is 4.63. The molecule has 1 aromatic carbocycles. The van der Waals surface area contributed by atoms with Gasteiger partial charge in [-0.2, -0.15) is 5.10 Å². The fourth-order valence-electron chi connectivity index (χ4n) is 4.63. The Kier molecular flexibility index (Phi) is 7.25. The number of fused-ring (bicyclic) bond motifs is 1. The average molecular weight is 427 g/mol. The summed E-state index contributed by atoms with van der Waals surface area (Å²) in [6.45, 7) is 9.83. The Morgan fingerprint density at radius 1 is 1.29 bits per heavy atom. The number of ether oxygens (including phenoxy) is 2. The quantitative estimate of drug-likeness (QED) is 0.703. The summed E-state index contributed by atoms with van der Waals surface area (Å²) >= 11 is 0. The molecule has 168 valence electrons. The number of rotatable bonds is 8. The Balaban J connectivity index is 1.31. The summed E-state index contributed by atoms with van der Waals surface area (Å²) in [5, 5.41) is 8.10. The van der Waals surface area contributed by atoms with Crippen LogP contribution < -0.4 is 10.1 Å². The molecule has 31 heavy (non-hydrogen) atoms. The van der Waals surface area contributed by atoms with Gasteiger partial charge in [-0.15, -0.1) is 0 Å². The van der Waals surface area contributed by atoms with Crippen molar-refractivity contribution in [2.24, 2.45) is 0 Å². The molecule has 2 aromatic rings. The second-order valence-electron chi connectivity index (χ2n) is 8.39. The van der Waals surface area contributed by atoms with E-state index in [1.165, 1.54) is 11.3 Å². The van der Waals surface area contributed by atoms with Crippen molar-refractivity contribution in [1.82, 2.24) is 20.0 Å². The molecule has 0 saturated carbocycles. The topological polar surface area (TPSA) is 68.6 Å². The number of hydrogen-bond acceptors (Lipinski definition) is 5. The molecular formula is C24H34N4O3. The van der Waals surface area contributed by atoms with Crippen molar-refractivity contribution in [1.29, 1.82) is 0 Å². The maximum atomic E-state index is 12.6.